The van der Waals surface area contributed by atoms with Crippen LogP contribution in [0.1, 0.15) is 47.2 Å². The topological polar surface area (TPSA) is 16.1 Å². The third kappa shape index (κ3) is 4.39. The quantitative estimate of drug-likeness (QED) is 0.531. The Balaban J connectivity index is 1.23. The van der Waals surface area contributed by atoms with Crippen molar-refractivity contribution in [3.05, 3.63) is 76.5 Å². The van der Waals surface area contributed by atoms with Gasteiger partial charge in [0.2, 0.25) is 0 Å². The van der Waals surface area contributed by atoms with Crippen molar-refractivity contribution in [2.24, 2.45) is 0 Å². The molecule has 0 spiro atoms. The van der Waals surface area contributed by atoms with E-state index in [1.54, 1.807) is 5.56 Å². The predicted molar refractivity (Wildman–Crippen MR) is 114 cm³/mol. The molecule has 0 saturated carbocycles. The lowest BCUT2D eigenvalue weighted by atomic mass is 9.97. The second kappa shape index (κ2) is 8.22. The first-order valence-electron chi connectivity index (χ1n) is 10.3. The van der Waals surface area contributed by atoms with Crippen LogP contribution in [0.25, 0.3) is 10.9 Å². The molecule has 2 nitrogen and oxygen atoms in total. The fourth-order valence-electron chi connectivity index (χ4n) is 4.22. The fourth-order valence-corrected chi connectivity index (χ4v) is 4.22. The van der Waals surface area contributed by atoms with Crippen LogP contribution in [0.4, 0.5) is 0 Å². The van der Waals surface area contributed by atoms with E-state index in [9.17, 15) is 0 Å². The van der Waals surface area contributed by atoms with E-state index in [0.29, 0.717) is 0 Å². The summed E-state index contributed by atoms with van der Waals surface area (Å²) in [6.45, 7) is 7.90. The van der Waals surface area contributed by atoms with Crippen molar-refractivity contribution in [2.45, 2.75) is 52.5 Å². The van der Waals surface area contributed by atoms with Gasteiger partial charge in [0, 0.05) is 24.2 Å². The van der Waals surface area contributed by atoms with Gasteiger partial charge in [-0.25, -0.2) is 0 Å². The van der Waals surface area contributed by atoms with Gasteiger partial charge in [0.15, 0.2) is 0 Å². The van der Waals surface area contributed by atoms with Gasteiger partial charge in [-0.15, -0.1) is 0 Å². The van der Waals surface area contributed by atoms with Crippen LogP contribution >= 0.6 is 0 Å². The Morgan fingerprint density at radius 1 is 0.926 bits per heavy atom. The number of fused-ring (bicyclic) bond motifs is 2. The number of benzene rings is 2. The minimum absolute atomic E-state index is 1.09. The third-order valence-electron chi connectivity index (χ3n) is 5.84. The van der Waals surface area contributed by atoms with Crippen LogP contribution in [0.5, 0.6) is 0 Å². The maximum absolute atomic E-state index is 4.88. The van der Waals surface area contributed by atoms with Gasteiger partial charge in [0.05, 0.1) is 5.52 Å². The van der Waals surface area contributed by atoms with Crippen LogP contribution in [0, 0.1) is 13.8 Å². The molecular formula is C25H30N2. The van der Waals surface area contributed by atoms with Gasteiger partial charge in [0.25, 0.3) is 0 Å². The Kier molecular flexibility index (Phi) is 5.54. The van der Waals surface area contributed by atoms with E-state index in [-0.39, 0.29) is 0 Å². The molecule has 2 heteroatoms. The molecule has 0 radical (unpaired) electrons. The third-order valence-corrected chi connectivity index (χ3v) is 5.84. The normalized spacial score (nSPS) is 14.4. The highest BCUT2D eigenvalue weighted by atomic mass is 15.1. The van der Waals surface area contributed by atoms with Crippen molar-refractivity contribution in [2.75, 3.05) is 13.1 Å². The maximum atomic E-state index is 4.88. The van der Waals surface area contributed by atoms with E-state index in [2.05, 4.69) is 67.3 Å². The van der Waals surface area contributed by atoms with E-state index in [0.717, 1.165) is 18.5 Å². The summed E-state index contributed by atoms with van der Waals surface area (Å²) in [7, 11) is 0. The van der Waals surface area contributed by atoms with Crippen molar-refractivity contribution >= 4 is 10.9 Å². The molecule has 0 amide bonds. The molecule has 2 aromatic carbocycles. The molecule has 0 unspecified atom stereocenters. The molecule has 0 fully saturated rings. The number of rotatable bonds is 6. The lowest BCUT2D eigenvalue weighted by molar-refractivity contribution is 0.248. The number of para-hydroxylation sites is 1. The maximum Gasteiger partial charge on any atom is 0.0734 e. The summed E-state index contributed by atoms with van der Waals surface area (Å²) in [5, 5.41) is 1.25. The number of nitrogens with zero attached hydrogens (tertiary/aromatic N) is 2. The first-order chi connectivity index (χ1) is 13.2. The SMILES string of the molecule is Cc1ccc2c(c1)CCN(CCCCCc1ccc3cccc(C)c3n1)C2. The van der Waals surface area contributed by atoms with Gasteiger partial charge >= 0.3 is 0 Å². The second-order valence-corrected chi connectivity index (χ2v) is 8.06. The van der Waals surface area contributed by atoms with Crippen LogP contribution in [0.15, 0.2) is 48.5 Å². The van der Waals surface area contributed by atoms with E-state index in [1.807, 2.05) is 0 Å². The molecule has 1 aliphatic heterocycles. The molecule has 0 N–H and O–H groups in total. The van der Waals surface area contributed by atoms with Crippen molar-refractivity contribution in [3.8, 4) is 0 Å². The lowest BCUT2D eigenvalue weighted by Crippen LogP contribution is -2.31. The summed E-state index contributed by atoms with van der Waals surface area (Å²) in [5.74, 6) is 0. The van der Waals surface area contributed by atoms with Crippen LogP contribution in [-0.2, 0) is 19.4 Å². The van der Waals surface area contributed by atoms with Gasteiger partial charge in [-0.2, -0.15) is 0 Å². The molecule has 27 heavy (non-hydrogen) atoms. The minimum atomic E-state index is 1.09. The summed E-state index contributed by atoms with van der Waals surface area (Å²) in [5.41, 5.74) is 8.15. The fraction of sp³-hybridized carbons (Fsp3) is 0.400. The van der Waals surface area contributed by atoms with Gasteiger partial charge < -0.3 is 0 Å². The standard InChI is InChI=1S/C25H30N2/c1-19-10-11-23-18-27(16-14-22(23)17-19)15-5-3-4-9-24-13-12-21-8-6-7-20(2)25(21)26-24/h6-8,10-13,17H,3-5,9,14-16,18H2,1-2H3. The van der Waals surface area contributed by atoms with Crippen LogP contribution < -0.4 is 0 Å². The molecule has 0 saturated heterocycles. The molecule has 4 rings (SSSR count). The number of aromatic nitrogens is 1. The second-order valence-electron chi connectivity index (χ2n) is 8.06. The number of pyridine rings is 1. The highest BCUT2D eigenvalue weighted by Crippen LogP contribution is 2.21. The van der Waals surface area contributed by atoms with E-state index >= 15 is 0 Å². The number of unbranched alkanes of at least 4 members (excludes halogenated alkanes) is 2. The van der Waals surface area contributed by atoms with Crippen LogP contribution in [-0.4, -0.2) is 23.0 Å². The van der Waals surface area contributed by atoms with E-state index in [4.69, 9.17) is 4.98 Å². The van der Waals surface area contributed by atoms with E-state index in [1.165, 1.54) is 66.5 Å². The van der Waals surface area contributed by atoms with Crippen molar-refractivity contribution in [1.29, 1.82) is 0 Å². The predicted octanol–water partition coefficient (Wildman–Crippen LogP) is 5.62. The molecule has 3 aromatic rings. The smallest absolute Gasteiger partial charge is 0.0734 e. The summed E-state index contributed by atoms with van der Waals surface area (Å²) >= 11 is 0. The Morgan fingerprint density at radius 2 is 1.85 bits per heavy atom. The Morgan fingerprint density at radius 3 is 2.78 bits per heavy atom. The zero-order valence-electron chi connectivity index (χ0n) is 16.7. The summed E-state index contributed by atoms with van der Waals surface area (Å²) in [6, 6.07) is 17.8. The number of hydrogen-bond donors (Lipinski definition) is 0. The molecule has 1 aliphatic rings. The summed E-state index contributed by atoms with van der Waals surface area (Å²) < 4.78 is 0. The zero-order chi connectivity index (χ0) is 18.6. The minimum Gasteiger partial charge on any atom is -0.299 e. The lowest BCUT2D eigenvalue weighted by Gasteiger charge is -2.29. The Labute approximate surface area is 163 Å². The largest absolute Gasteiger partial charge is 0.299 e. The monoisotopic (exact) mass is 358 g/mol. The van der Waals surface area contributed by atoms with Crippen LogP contribution in [0.2, 0.25) is 0 Å². The summed E-state index contributed by atoms with van der Waals surface area (Å²) in [4.78, 5) is 7.50. The summed E-state index contributed by atoms with van der Waals surface area (Å²) in [6.07, 6.45) is 6.09. The molecule has 0 atom stereocenters. The van der Waals surface area contributed by atoms with Crippen LogP contribution in [0.3, 0.4) is 0 Å². The van der Waals surface area contributed by atoms with Crippen molar-refractivity contribution < 1.29 is 0 Å². The molecule has 1 aromatic heterocycles. The van der Waals surface area contributed by atoms with Crippen molar-refractivity contribution in [3.63, 3.8) is 0 Å². The van der Waals surface area contributed by atoms with Crippen molar-refractivity contribution in [1.82, 2.24) is 9.88 Å². The molecule has 0 aliphatic carbocycles. The average molecular weight is 359 g/mol. The van der Waals surface area contributed by atoms with Gasteiger partial charge in [-0.1, -0.05) is 54.4 Å². The first-order valence-corrected chi connectivity index (χ1v) is 10.3. The highest BCUT2D eigenvalue weighted by Gasteiger charge is 2.15. The van der Waals surface area contributed by atoms with E-state index < -0.39 is 0 Å². The number of hydrogen-bond acceptors (Lipinski definition) is 2. The van der Waals surface area contributed by atoms with Gasteiger partial charge in [-0.3, -0.25) is 9.88 Å². The Bertz CT molecular complexity index is 929. The number of aryl methyl sites for hydroxylation is 3. The van der Waals surface area contributed by atoms with Gasteiger partial charge in [-0.05, 0) is 68.8 Å². The molecule has 0 bridgehead atoms. The highest BCUT2D eigenvalue weighted by molar-refractivity contribution is 5.81. The van der Waals surface area contributed by atoms with Gasteiger partial charge in [0.1, 0.15) is 0 Å². The molecule has 140 valence electrons. The molecule has 2 heterocycles. The average Bonchev–Trinajstić information content (AvgIpc) is 2.68. The first kappa shape index (κ1) is 18.2. The molecular weight excluding hydrogens is 328 g/mol. The zero-order valence-corrected chi connectivity index (χ0v) is 16.7. The Hall–Kier alpha value is -2.19.